The molecule has 4 nitrogen and oxygen atoms in total. The molecule has 1 aromatic rings. The van der Waals surface area contributed by atoms with E-state index in [1.807, 2.05) is 13.0 Å². The number of sulfonamides is 1. The van der Waals surface area contributed by atoms with Gasteiger partial charge in [-0.25, -0.2) is 13.1 Å². The minimum Gasteiger partial charge on any atom is -0.324 e. The summed E-state index contributed by atoms with van der Waals surface area (Å²) in [4.78, 5) is 0.274. The van der Waals surface area contributed by atoms with Crippen molar-refractivity contribution in [3.8, 4) is 0 Å². The molecule has 0 aromatic heterocycles. The lowest BCUT2D eigenvalue weighted by molar-refractivity contribution is 0.378. The summed E-state index contributed by atoms with van der Waals surface area (Å²) in [6.45, 7) is 8.51. The summed E-state index contributed by atoms with van der Waals surface area (Å²) in [5.41, 5.74) is 6.69. The Hall–Kier alpha value is -0.910. The summed E-state index contributed by atoms with van der Waals surface area (Å²) >= 11 is 0. The maximum absolute atomic E-state index is 12.1. The van der Waals surface area contributed by atoms with Gasteiger partial charge < -0.3 is 5.73 Å². The van der Waals surface area contributed by atoms with Crippen LogP contribution in [0.5, 0.6) is 0 Å². The van der Waals surface area contributed by atoms with E-state index in [4.69, 9.17) is 5.73 Å². The Balaban J connectivity index is 2.80. The molecule has 3 N–H and O–H groups in total. The minimum atomic E-state index is -3.44. The second kappa shape index (κ2) is 6.03. The van der Waals surface area contributed by atoms with Gasteiger partial charge in [0.2, 0.25) is 10.0 Å². The van der Waals surface area contributed by atoms with E-state index < -0.39 is 10.0 Å². The molecular formula is C14H24N2O2S. The van der Waals surface area contributed by atoms with Crippen molar-refractivity contribution >= 4 is 10.0 Å². The molecule has 0 amide bonds. The molecule has 0 aliphatic heterocycles. The highest BCUT2D eigenvalue weighted by atomic mass is 32.2. The number of rotatable bonds is 5. The standard InChI is InChI=1S/C14H24N2O2S/c1-11(15)12-6-5-7-13(10-12)19(17,18)16-9-8-14(2,3)4/h5-7,10-11,16H,8-9,15H2,1-4H3. The first-order valence-corrected chi connectivity index (χ1v) is 7.95. The van der Waals surface area contributed by atoms with Gasteiger partial charge in [-0.3, -0.25) is 0 Å². The lowest BCUT2D eigenvalue weighted by Gasteiger charge is -2.18. The summed E-state index contributed by atoms with van der Waals surface area (Å²) in [6.07, 6.45) is 0.791. The molecule has 5 heteroatoms. The number of nitrogens with two attached hydrogens (primary N) is 1. The molecule has 0 saturated heterocycles. The lowest BCUT2D eigenvalue weighted by atomic mass is 9.93. The zero-order chi connectivity index (χ0) is 14.7. The maximum atomic E-state index is 12.1. The van der Waals surface area contributed by atoms with E-state index in [1.54, 1.807) is 18.2 Å². The van der Waals surface area contributed by atoms with E-state index >= 15 is 0 Å². The SMILES string of the molecule is CC(N)c1cccc(S(=O)(=O)NCCC(C)(C)C)c1. The Labute approximate surface area is 116 Å². The van der Waals surface area contributed by atoms with Crippen LogP contribution in [0, 0.1) is 5.41 Å². The largest absolute Gasteiger partial charge is 0.324 e. The monoisotopic (exact) mass is 284 g/mol. The summed E-state index contributed by atoms with van der Waals surface area (Å²) in [5, 5.41) is 0. The van der Waals surface area contributed by atoms with Crippen LogP contribution in [0.3, 0.4) is 0 Å². The summed E-state index contributed by atoms with van der Waals surface area (Å²) in [6, 6.07) is 6.59. The van der Waals surface area contributed by atoms with Gasteiger partial charge in [0.1, 0.15) is 0 Å². The van der Waals surface area contributed by atoms with Crippen LogP contribution in [0.15, 0.2) is 29.2 Å². The van der Waals surface area contributed by atoms with Gasteiger partial charge in [0.15, 0.2) is 0 Å². The molecule has 0 radical (unpaired) electrons. The summed E-state index contributed by atoms with van der Waals surface area (Å²) in [7, 11) is -3.44. The van der Waals surface area contributed by atoms with E-state index in [0.29, 0.717) is 6.54 Å². The van der Waals surface area contributed by atoms with Crippen molar-refractivity contribution in [3.63, 3.8) is 0 Å². The second-order valence-electron chi connectivity index (χ2n) is 6.07. The topological polar surface area (TPSA) is 72.2 Å². The molecule has 0 aliphatic carbocycles. The van der Waals surface area contributed by atoms with Gasteiger partial charge in [-0.15, -0.1) is 0 Å². The first kappa shape index (κ1) is 16.1. The Morgan fingerprint density at radius 1 is 1.32 bits per heavy atom. The fourth-order valence-corrected chi connectivity index (χ4v) is 2.70. The predicted octanol–water partition coefficient (Wildman–Crippen LogP) is 2.42. The molecule has 0 aliphatic rings. The van der Waals surface area contributed by atoms with Gasteiger partial charge in [0.05, 0.1) is 4.90 Å². The zero-order valence-corrected chi connectivity index (χ0v) is 12.9. The average Bonchev–Trinajstić information content (AvgIpc) is 2.27. The zero-order valence-electron chi connectivity index (χ0n) is 12.1. The Morgan fingerprint density at radius 3 is 2.47 bits per heavy atom. The molecule has 108 valence electrons. The Morgan fingerprint density at radius 2 is 1.95 bits per heavy atom. The molecular weight excluding hydrogens is 260 g/mol. The Bertz CT molecular complexity index is 516. The molecule has 0 fully saturated rings. The van der Waals surface area contributed by atoms with Crippen LogP contribution in [-0.2, 0) is 10.0 Å². The highest BCUT2D eigenvalue weighted by Gasteiger charge is 2.16. The fraction of sp³-hybridized carbons (Fsp3) is 0.571. The van der Waals surface area contributed by atoms with Gasteiger partial charge in [-0.2, -0.15) is 0 Å². The molecule has 1 rings (SSSR count). The highest BCUT2D eigenvalue weighted by molar-refractivity contribution is 7.89. The van der Waals surface area contributed by atoms with Crippen LogP contribution in [0.25, 0.3) is 0 Å². The van der Waals surface area contributed by atoms with Gasteiger partial charge in [-0.1, -0.05) is 32.9 Å². The van der Waals surface area contributed by atoms with E-state index in [-0.39, 0.29) is 16.4 Å². The minimum absolute atomic E-state index is 0.107. The van der Waals surface area contributed by atoms with Crippen LogP contribution in [0.1, 0.15) is 45.7 Å². The first-order valence-electron chi connectivity index (χ1n) is 6.47. The molecule has 0 bridgehead atoms. The first-order chi connectivity index (χ1) is 8.62. The van der Waals surface area contributed by atoms with Crippen molar-refractivity contribution in [1.82, 2.24) is 4.72 Å². The quantitative estimate of drug-likeness (QED) is 0.872. The fourth-order valence-electron chi connectivity index (χ4n) is 1.61. The third-order valence-corrected chi connectivity index (χ3v) is 4.32. The van der Waals surface area contributed by atoms with Crippen molar-refractivity contribution < 1.29 is 8.42 Å². The summed E-state index contributed by atoms with van der Waals surface area (Å²) < 4.78 is 26.9. The van der Waals surface area contributed by atoms with Crippen molar-refractivity contribution in [2.24, 2.45) is 11.1 Å². The van der Waals surface area contributed by atoms with Crippen molar-refractivity contribution in [2.75, 3.05) is 6.54 Å². The molecule has 0 spiro atoms. The Kier molecular flexibility index (Phi) is 5.12. The van der Waals surface area contributed by atoms with Gasteiger partial charge in [-0.05, 0) is 36.5 Å². The van der Waals surface area contributed by atoms with Crippen LogP contribution >= 0.6 is 0 Å². The average molecular weight is 284 g/mol. The van der Waals surface area contributed by atoms with E-state index in [9.17, 15) is 8.42 Å². The molecule has 1 unspecified atom stereocenters. The third-order valence-electron chi connectivity index (χ3n) is 2.86. The van der Waals surface area contributed by atoms with E-state index in [2.05, 4.69) is 25.5 Å². The molecule has 1 aromatic carbocycles. The van der Waals surface area contributed by atoms with Crippen LogP contribution in [-0.4, -0.2) is 15.0 Å². The van der Waals surface area contributed by atoms with E-state index in [0.717, 1.165) is 12.0 Å². The van der Waals surface area contributed by atoms with Gasteiger partial charge in [0, 0.05) is 12.6 Å². The number of benzene rings is 1. The molecule has 0 heterocycles. The molecule has 0 saturated carbocycles. The molecule has 1 atom stereocenters. The highest BCUT2D eigenvalue weighted by Crippen LogP contribution is 2.19. The maximum Gasteiger partial charge on any atom is 0.240 e. The number of nitrogens with one attached hydrogen (secondary N) is 1. The third kappa shape index (κ3) is 5.30. The van der Waals surface area contributed by atoms with Crippen molar-refractivity contribution in [3.05, 3.63) is 29.8 Å². The van der Waals surface area contributed by atoms with Gasteiger partial charge in [0.25, 0.3) is 0 Å². The smallest absolute Gasteiger partial charge is 0.240 e. The number of hydrogen-bond donors (Lipinski definition) is 2. The predicted molar refractivity (Wildman–Crippen MR) is 78.3 cm³/mol. The van der Waals surface area contributed by atoms with E-state index in [1.165, 1.54) is 0 Å². The van der Waals surface area contributed by atoms with Crippen LogP contribution in [0.4, 0.5) is 0 Å². The van der Waals surface area contributed by atoms with Crippen LogP contribution < -0.4 is 10.5 Å². The van der Waals surface area contributed by atoms with Crippen molar-refractivity contribution in [2.45, 2.75) is 45.1 Å². The number of hydrogen-bond acceptors (Lipinski definition) is 3. The normalized spacial score (nSPS) is 14.4. The summed E-state index contributed by atoms with van der Waals surface area (Å²) in [5.74, 6) is 0. The lowest BCUT2D eigenvalue weighted by Crippen LogP contribution is -2.27. The van der Waals surface area contributed by atoms with Crippen molar-refractivity contribution in [1.29, 1.82) is 0 Å². The molecule has 19 heavy (non-hydrogen) atoms. The second-order valence-corrected chi connectivity index (χ2v) is 7.84. The van der Waals surface area contributed by atoms with Gasteiger partial charge >= 0.3 is 0 Å². The van der Waals surface area contributed by atoms with Crippen LogP contribution in [0.2, 0.25) is 0 Å².